The number of likely N-dealkylation sites (tertiary alicyclic amines) is 1. The number of piperidine rings is 1. The average molecular weight is 376 g/mol. The van der Waals surface area contributed by atoms with Crippen molar-refractivity contribution in [2.24, 2.45) is 11.8 Å². The molecule has 4 heteroatoms. The zero-order chi connectivity index (χ0) is 19.1. The highest BCUT2D eigenvalue weighted by molar-refractivity contribution is 6.03. The van der Waals surface area contributed by atoms with Crippen LogP contribution in [0.5, 0.6) is 0 Å². The molecule has 5 rings (SSSR count). The molecule has 3 aromatic rings. The summed E-state index contributed by atoms with van der Waals surface area (Å²) in [6.45, 7) is 3.97. The van der Waals surface area contributed by atoms with Gasteiger partial charge in [0.1, 0.15) is 5.82 Å². The number of Topliss-reactive ketones (excluding diaryl/α,β-unsaturated/α-hetero) is 1. The topological polar surface area (TPSA) is 25.2 Å². The second-order valence-electron chi connectivity index (χ2n) is 8.35. The van der Waals surface area contributed by atoms with Crippen LogP contribution in [0.15, 0.2) is 54.6 Å². The summed E-state index contributed by atoms with van der Waals surface area (Å²) in [6.07, 6.45) is 3.30. The second kappa shape index (κ2) is 7.17. The normalized spacial score (nSPS) is 20.8. The minimum Gasteiger partial charge on any atom is -0.337 e. The Bertz CT molecular complexity index is 1000. The maximum absolute atomic E-state index is 13.5. The highest BCUT2D eigenvalue weighted by atomic mass is 19.1. The van der Waals surface area contributed by atoms with Crippen LogP contribution >= 0.6 is 0 Å². The molecule has 2 aliphatic heterocycles. The largest absolute Gasteiger partial charge is 0.337 e. The molecule has 0 radical (unpaired) electrons. The van der Waals surface area contributed by atoms with E-state index in [1.807, 2.05) is 6.07 Å². The second-order valence-corrected chi connectivity index (χ2v) is 8.35. The Kier molecular flexibility index (Phi) is 4.52. The summed E-state index contributed by atoms with van der Waals surface area (Å²) in [6, 6.07) is 17.3. The van der Waals surface area contributed by atoms with Crippen LogP contribution in [0.3, 0.4) is 0 Å². The van der Waals surface area contributed by atoms with Crippen LogP contribution < -0.4 is 0 Å². The zero-order valence-corrected chi connectivity index (χ0v) is 16.0. The summed E-state index contributed by atoms with van der Waals surface area (Å²) in [7, 11) is 0. The molecule has 28 heavy (non-hydrogen) atoms. The van der Waals surface area contributed by atoms with Crippen molar-refractivity contribution >= 4 is 16.7 Å². The highest BCUT2D eigenvalue weighted by Crippen LogP contribution is 2.34. The van der Waals surface area contributed by atoms with Crippen LogP contribution in [0.4, 0.5) is 4.39 Å². The van der Waals surface area contributed by atoms with Gasteiger partial charge in [0.05, 0.1) is 5.69 Å². The Hall–Kier alpha value is -2.46. The van der Waals surface area contributed by atoms with Crippen molar-refractivity contribution in [1.82, 2.24) is 9.47 Å². The smallest absolute Gasteiger partial charge is 0.184 e. The Balaban J connectivity index is 1.20. The van der Waals surface area contributed by atoms with Gasteiger partial charge in [0.2, 0.25) is 0 Å². The molecule has 1 atom stereocenters. The molecule has 0 N–H and O–H groups in total. The summed E-state index contributed by atoms with van der Waals surface area (Å²) in [5.41, 5.74) is 3.10. The van der Waals surface area contributed by atoms with E-state index >= 15 is 0 Å². The minimum atomic E-state index is -0.247. The SMILES string of the molecule is O=C1c2cc3cc(F)ccc3n2CC1CC1CCN(Cc2ccccc2)CC1. The number of hydrogen-bond donors (Lipinski definition) is 0. The van der Waals surface area contributed by atoms with E-state index in [1.54, 1.807) is 6.07 Å². The van der Waals surface area contributed by atoms with Gasteiger partial charge in [0, 0.05) is 29.9 Å². The number of rotatable bonds is 4. The monoisotopic (exact) mass is 376 g/mol. The van der Waals surface area contributed by atoms with Gasteiger partial charge in [-0.25, -0.2) is 4.39 Å². The fourth-order valence-electron chi connectivity index (χ4n) is 4.96. The van der Waals surface area contributed by atoms with Gasteiger partial charge >= 0.3 is 0 Å². The molecular weight excluding hydrogens is 351 g/mol. The lowest BCUT2D eigenvalue weighted by Gasteiger charge is -2.32. The third-order valence-corrected chi connectivity index (χ3v) is 6.46. The van der Waals surface area contributed by atoms with Gasteiger partial charge < -0.3 is 4.57 Å². The number of fused-ring (bicyclic) bond motifs is 3. The van der Waals surface area contributed by atoms with E-state index in [0.29, 0.717) is 5.92 Å². The zero-order valence-electron chi connectivity index (χ0n) is 16.0. The van der Waals surface area contributed by atoms with Crippen molar-refractivity contribution in [1.29, 1.82) is 0 Å². The molecule has 3 nitrogen and oxygen atoms in total. The van der Waals surface area contributed by atoms with E-state index in [0.717, 1.165) is 62.0 Å². The van der Waals surface area contributed by atoms with Gasteiger partial charge in [-0.2, -0.15) is 0 Å². The Morgan fingerprint density at radius 3 is 2.57 bits per heavy atom. The standard InChI is InChI=1S/C24H25FN2O/c25-21-6-7-22-19(13-21)14-23-24(28)20(16-27(22)23)12-17-8-10-26(11-9-17)15-18-4-2-1-3-5-18/h1-7,13-14,17,20H,8-12,15-16H2. The molecule has 3 heterocycles. The number of hydrogen-bond acceptors (Lipinski definition) is 2. The third kappa shape index (κ3) is 3.26. The fraction of sp³-hybridized carbons (Fsp3) is 0.375. The van der Waals surface area contributed by atoms with Crippen LogP contribution in [-0.2, 0) is 13.1 Å². The van der Waals surface area contributed by atoms with Gasteiger partial charge in [0.15, 0.2) is 5.78 Å². The average Bonchev–Trinajstić information content (AvgIpc) is 3.20. The van der Waals surface area contributed by atoms with Gasteiger partial charge in [-0.3, -0.25) is 9.69 Å². The summed E-state index contributed by atoms with van der Waals surface area (Å²) >= 11 is 0. The van der Waals surface area contributed by atoms with Crippen molar-refractivity contribution < 1.29 is 9.18 Å². The van der Waals surface area contributed by atoms with Gasteiger partial charge in [-0.05, 0) is 68.1 Å². The molecular formula is C24H25FN2O. The number of aromatic nitrogens is 1. The first kappa shape index (κ1) is 17.6. The first-order chi connectivity index (χ1) is 13.7. The van der Waals surface area contributed by atoms with Crippen LogP contribution in [0.2, 0.25) is 0 Å². The molecule has 2 aromatic carbocycles. The van der Waals surface area contributed by atoms with E-state index in [-0.39, 0.29) is 17.5 Å². The van der Waals surface area contributed by atoms with Crippen LogP contribution in [0.1, 0.15) is 35.3 Å². The molecule has 1 aromatic heterocycles. The molecule has 2 aliphatic rings. The predicted molar refractivity (Wildman–Crippen MR) is 109 cm³/mol. The number of carbonyl (C=O) groups is 1. The summed E-state index contributed by atoms with van der Waals surface area (Å²) in [5, 5.41) is 0.830. The van der Waals surface area contributed by atoms with Crippen LogP contribution in [-0.4, -0.2) is 28.3 Å². The molecule has 0 spiro atoms. The molecule has 1 saturated heterocycles. The molecule has 1 unspecified atom stereocenters. The van der Waals surface area contributed by atoms with Gasteiger partial charge in [0.25, 0.3) is 0 Å². The first-order valence-corrected chi connectivity index (χ1v) is 10.3. The number of nitrogens with zero attached hydrogens (tertiary/aromatic N) is 2. The Morgan fingerprint density at radius 1 is 1.00 bits per heavy atom. The molecule has 1 fully saturated rings. The van der Waals surface area contributed by atoms with Gasteiger partial charge in [-0.1, -0.05) is 30.3 Å². The van der Waals surface area contributed by atoms with E-state index in [1.165, 1.54) is 17.7 Å². The van der Waals surface area contributed by atoms with Crippen molar-refractivity contribution in [2.45, 2.75) is 32.4 Å². The summed E-state index contributed by atoms with van der Waals surface area (Å²) in [4.78, 5) is 15.4. The fourth-order valence-corrected chi connectivity index (χ4v) is 4.96. The Morgan fingerprint density at radius 2 is 1.79 bits per heavy atom. The molecule has 0 bridgehead atoms. The third-order valence-electron chi connectivity index (χ3n) is 6.46. The van der Waals surface area contributed by atoms with Crippen LogP contribution in [0, 0.1) is 17.7 Å². The lowest BCUT2D eigenvalue weighted by atomic mass is 9.85. The van der Waals surface area contributed by atoms with Crippen molar-refractivity contribution in [3.05, 3.63) is 71.7 Å². The minimum absolute atomic E-state index is 0.0788. The highest BCUT2D eigenvalue weighted by Gasteiger charge is 2.34. The predicted octanol–water partition coefficient (Wildman–Crippen LogP) is 4.90. The van der Waals surface area contributed by atoms with Crippen molar-refractivity contribution in [3.63, 3.8) is 0 Å². The van der Waals surface area contributed by atoms with Crippen LogP contribution in [0.25, 0.3) is 10.9 Å². The summed E-state index contributed by atoms with van der Waals surface area (Å²) in [5.74, 6) is 0.691. The van der Waals surface area contributed by atoms with Gasteiger partial charge in [-0.15, -0.1) is 0 Å². The lowest BCUT2D eigenvalue weighted by Crippen LogP contribution is -2.34. The van der Waals surface area contributed by atoms with Crippen molar-refractivity contribution in [2.75, 3.05) is 13.1 Å². The molecule has 0 saturated carbocycles. The first-order valence-electron chi connectivity index (χ1n) is 10.3. The molecule has 144 valence electrons. The number of benzene rings is 2. The Labute approximate surface area is 164 Å². The van der Waals surface area contributed by atoms with E-state index < -0.39 is 0 Å². The maximum Gasteiger partial charge on any atom is 0.184 e. The number of halogens is 1. The van der Waals surface area contributed by atoms with E-state index in [2.05, 4.69) is 39.8 Å². The lowest BCUT2D eigenvalue weighted by molar-refractivity contribution is 0.0894. The van der Waals surface area contributed by atoms with Crippen molar-refractivity contribution in [3.8, 4) is 0 Å². The molecule has 0 aliphatic carbocycles. The van der Waals surface area contributed by atoms with E-state index in [9.17, 15) is 9.18 Å². The quantitative estimate of drug-likeness (QED) is 0.647. The summed E-state index contributed by atoms with van der Waals surface area (Å²) < 4.78 is 15.5. The molecule has 0 amide bonds. The maximum atomic E-state index is 13.5. The number of ketones is 1. The van der Waals surface area contributed by atoms with E-state index in [4.69, 9.17) is 0 Å². The number of carbonyl (C=O) groups excluding carboxylic acids is 1.